The first-order valence-electron chi connectivity index (χ1n) is 9.26. The molecular formula is C19H36O5. The number of carboxylic acids is 2. The summed E-state index contributed by atoms with van der Waals surface area (Å²) in [6.45, 7) is 8.68. The second-order valence-corrected chi connectivity index (χ2v) is 7.36. The van der Waals surface area contributed by atoms with E-state index >= 15 is 0 Å². The Morgan fingerprint density at radius 1 is 0.792 bits per heavy atom. The fourth-order valence-electron chi connectivity index (χ4n) is 2.86. The maximum atomic E-state index is 11.4. The summed E-state index contributed by atoms with van der Waals surface area (Å²) in [5, 5.41) is 18.4. The summed E-state index contributed by atoms with van der Waals surface area (Å²) in [5.41, 5.74) is -1.23. The van der Waals surface area contributed by atoms with Gasteiger partial charge in [-0.25, -0.2) is 0 Å². The minimum Gasteiger partial charge on any atom is -0.481 e. The number of carboxylic acid groups (broad SMARTS) is 2. The molecule has 0 aliphatic heterocycles. The Kier molecular flexibility index (Phi) is 10.9. The number of ether oxygens (including phenoxy) is 1. The van der Waals surface area contributed by atoms with E-state index in [-0.39, 0.29) is 0 Å². The molecule has 0 atom stereocenters. The molecule has 0 aromatic carbocycles. The Morgan fingerprint density at radius 3 is 1.83 bits per heavy atom. The number of hydrogen-bond donors (Lipinski definition) is 2. The number of carbonyl (C=O) groups is 2. The monoisotopic (exact) mass is 344 g/mol. The van der Waals surface area contributed by atoms with Crippen LogP contribution in [0.1, 0.15) is 85.5 Å². The average Bonchev–Trinajstić information content (AvgIpc) is 2.52. The van der Waals surface area contributed by atoms with E-state index in [0.717, 1.165) is 38.5 Å². The van der Waals surface area contributed by atoms with Crippen molar-refractivity contribution in [3.63, 3.8) is 0 Å². The van der Waals surface area contributed by atoms with Crippen molar-refractivity contribution >= 4 is 11.9 Å². The molecule has 142 valence electrons. The van der Waals surface area contributed by atoms with Gasteiger partial charge in [-0.2, -0.15) is 0 Å². The molecule has 0 aliphatic rings. The highest BCUT2D eigenvalue weighted by Crippen LogP contribution is 2.33. The van der Waals surface area contributed by atoms with E-state index in [9.17, 15) is 14.7 Å². The predicted octanol–water partition coefficient (Wildman–Crippen LogP) is 4.74. The SMILES string of the molecule is CCC(CC)(CCCCCCOCCCC(C)(C)C(=O)O)C(=O)O. The minimum atomic E-state index is -0.765. The van der Waals surface area contributed by atoms with Crippen molar-refractivity contribution in [3.8, 4) is 0 Å². The number of aliphatic carboxylic acids is 2. The van der Waals surface area contributed by atoms with Crippen molar-refractivity contribution in [1.29, 1.82) is 0 Å². The highest BCUT2D eigenvalue weighted by Gasteiger charge is 2.33. The molecule has 0 radical (unpaired) electrons. The normalized spacial score (nSPS) is 12.3. The molecule has 0 aromatic heterocycles. The van der Waals surface area contributed by atoms with E-state index in [0.29, 0.717) is 32.5 Å². The Hall–Kier alpha value is -1.10. The maximum Gasteiger partial charge on any atom is 0.309 e. The van der Waals surface area contributed by atoms with Gasteiger partial charge in [0.1, 0.15) is 0 Å². The molecule has 24 heavy (non-hydrogen) atoms. The molecule has 5 nitrogen and oxygen atoms in total. The van der Waals surface area contributed by atoms with E-state index in [1.54, 1.807) is 13.8 Å². The van der Waals surface area contributed by atoms with Crippen LogP contribution in [-0.4, -0.2) is 35.4 Å². The second-order valence-electron chi connectivity index (χ2n) is 7.36. The summed E-state index contributed by atoms with van der Waals surface area (Å²) in [5.74, 6) is -1.43. The molecule has 0 bridgehead atoms. The summed E-state index contributed by atoms with van der Waals surface area (Å²) in [7, 11) is 0. The van der Waals surface area contributed by atoms with Crippen molar-refractivity contribution in [2.45, 2.75) is 85.5 Å². The standard InChI is InChI=1S/C19H36O5/c1-5-19(6-2,17(22)23)13-9-7-8-10-14-24-15-11-12-18(3,4)16(20)21/h5-15H2,1-4H3,(H,20,21)(H,22,23). The maximum absolute atomic E-state index is 11.4. The van der Waals surface area contributed by atoms with Crippen LogP contribution in [0.2, 0.25) is 0 Å². The van der Waals surface area contributed by atoms with E-state index < -0.39 is 22.8 Å². The fourth-order valence-corrected chi connectivity index (χ4v) is 2.86. The number of unbranched alkanes of at least 4 members (excludes halogenated alkanes) is 3. The van der Waals surface area contributed by atoms with Crippen LogP contribution in [-0.2, 0) is 14.3 Å². The molecule has 0 saturated carbocycles. The van der Waals surface area contributed by atoms with Crippen LogP contribution in [0, 0.1) is 10.8 Å². The van der Waals surface area contributed by atoms with Gasteiger partial charge in [0.15, 0.2) is 0 Å². The van der Waals surface area contributed by atoms with E-state index in [4.69, 9.17) is 9.84 Å². The number of rotatable bonds is 15. The van der Waals surface area contributed by atoms with Crippen molar-refractivity contribution in [1.82, 2.24) is 0 Å². The molecule has 0 heterocycles. The zero-order chi connectivity index (χ0) is 18.6. The summed E-state index contributed by atoms with van der Waals surface area (Å²) < 4.78 is 5.55. The van der Waals surface area contributed by atoms with Crippen LogP contribution < -0.4 is 0 Å². The van der Waals surface area contributed by atoms with Gasteiger partial charge in [-0.1, -0.05) is 33.1 Å². The van der Waals surface area contributed by atoms with Gasteiger partial charge in [0.25, 0.3) is 0 Å². The molecule has 0 aromatic rings. The first-order valence-corrected chi connectivity index (χ1v) is 9.26. The Morgan fingerprint density at radius 2 is 1.33 bits per heavy atom. The van der Waals surface area contributed by atoms with Gasteiger partial charge in [0, 0.05) is 13.2 Å². The van der Waals surface area contributed by atoms with Gasteiger partial charge < -0.3 is 14.9 Å². The van der Waals surface area contributed by atoms with Crippen LogP contribution in [0.25, 0.3) is 0 Å². The van der Waals surface area contributed by atoms with E-state index in [1.165, 1.54) is 0 Å². The Bertz CT molecular complexity index is 372. The highest BCUT2D eigenvalue weighted by atomic mass is 16.5. The Balaban J connectivity index is 3.65. The zero-order valence-corrected chi connectivity index (χ0v) is 15.9. The molecule has 0 fully saturated rings. The third-order valence-electron chi connectivity index (χ3n) is 5.17. The van der Waals surface area contributed by atoms with E-state index in [1.807, 2.05) is 13.8 Å². The molecule has 0 saturated heterocycles. The van der Waals surface area contributed by atoms with Crippen molar-refractivity contribution < 1.29 is 24.5 Å². The third kappa shape index (κ3) is 8.13. The van der Waals surface area contributed by atoms with Gasteiger partial charge >= 0.3 is 11.9 Å². The lowest BCUT2D eigenvalue weighted by Gasteiger charge is -2.26. The minimum absolute atomic E-state index is 0.548. The molecule has 0 aliphatic carbocycles. The Labute approximate surface area is 146 Å². The largest absolute Gasteiger partial charge is 0.481 e. The summed E-state index contributed by atoms with van der Waals surface area (Å²) >= 11 is 0. The van der Waals surface area contributed by atoms with Crippen LogP contribution in [0.5, 0.6) is 0 Å². The first-order chi connectivity index (χ1) is 11.2. The van der Waals surface area contributed by atoms with Gasteiger partial charge in [-0.3, -0.25) is 9.59 Å². The quantitative estimate of drug-likeness (QED) is 0.419. The van der Waals surface area contributed by atoms with E-state index in [2.05, 4.69) is 0 Å². The fraction of sp³-hybridized carbons (Fsp3) is 0.895. The van der Waals surface area contributed by atoms with Gasteiger partial charge in [-0.05, 0) is 52.4 Å². The second kappa shape index (κ2) is 11.5. The van der Waals surface area contributed by atoms with Gasteiger partial charge in [-0.15, -0.1) is 0 Å². The smallest absolute Gasteiger partial charge is 0.309 e. The zero-order valence-electron chi connectivity index (χ0n) is 15.9. The lowest BCUT2D eigenvalue weighted by atomic mass is 9.78. The predicted molar refractivity (Wildman–Crippen MR) is 95.2 cm³/mol. The van der Waals surface area contributed by atoms with Crippen molar-refractivity contribution in [2.24, 2.45) is 10.8 Å². The molecular weight excluding hydrogens is 308 g/mol. The molecule has 0 rings (SSSR count). The number of hydrogen-bond acceptors (Lipinski definition) is 3. The topological polar surface area (TPSA) is 83.8 Å². The third-order valence-corrected chi connectivity index (χ3v) is 5.17. The summed E-state index contributed by atoms with van der Waals surface area (Å²) in [4.78, 5) is 22.4. The molecule has 2 N–H and O–H groups in total. The molecule has 5 heteroatoms. The molecule has 0 spiro atoms. The summed E-state index contributed by atoms with van der Waals surface area (Å²) in [6, 6.07) is 0. The van der Waals surface area contributed by atoms with Crippen molar-refractivity contribution in [2.75, 3.05) is 13.2 Å². The van der Waals surface area contributed by atoms with Crippen molar-refractivity contribution in [3.05, 3.63) is 0 Å². The van der Waals surface area contributed by atoms with Crippen LogP contribution in [0.15, 0.2) is 0 Å². The van der Waals surface area contributed by atoms with Crippen LogP contribution >= 0.6 is 0 Å². The highest BCUT2D eigenvalue weighted by molar-refractivity contribution is 5.74. The van der Waals surface area contributed by atoms with Gasteiger partial charge in [0.05, 0.1) is 10.8 Å². The lowest BCUT2D eigenvalue weighted by Crippen LogP contribution is -2.29. The van der Waals surface area contributed by atoms with Crippen LogP contribution in [0.3, 0.4) is 0 Å². The molecule has 0 unspecified atom stereocenters. The molecule has 0 amide bonds. The lowest BCUT2D eigenvalue weighted by molar-refractivity contribution is -0.150. The average molecular weight is 344 g/mol. The summed E-state index contributed by atoms with van der Waals surface area (Å²) in [6.07, 6.45) is 7.50. The van der Waals surface area contributed by atoms with Crippen LogP contribution in [0.4, 0.5) is 0 Å². The first kappa shape index (κ1) is 22.9. The van der Waals surface area contributed by atoms with Gasteiger partial charge in [0.2, 0.25) is 0 Å².